The van der Waals surface area contributed by atoms with Gasteiger partial charge in [0.05, 0.1) is 23.4 Å². The molecule has 24 heavy (non-hydrogen) atoms. The minimum Gasteiger partial charge on any atom is -0.324 e. The number of amides is 1. The summed E-state index contributed by atoms with van der Waals surface area (Å²) in [6, 6.07) is 7.35. The predicted molar refractivity (Wildman–Crippen MR) is 93.5 cm³/mol. The van der Waals surface area contributed by atoms with Crippen LogP contribution >= 0.6 is 11.6 Å². The van der Waals surface area contributed by atoms with Crippen LogP contribution in [0.4, 0.5) is 5.69 Å². The number of halogens is 1. The summed E-state index contributed by atoms with van der Waals surface area (Å²) in [6.45, 7) is 4.45. The zero-order valence-electron chi connectivity index (χ0n) is 13.5. The molecule has 2 aromatic heterocycles. The molecule has 1 aromatic carbocycles. The first kappa shape index (κ1) is 16.3. The van der Waals surface area contributed by atoms with Crippen LogP contribution in [0.25, 0.3) is 5.69 Å². The zero-order chi connectivity index (χ0) is 17.1. The smallest absolute Gasteiger partial charge is 0.226 e. The number of carbonyl (C=O) groups excluding carboxylic acids is 1. The summed E-state index contributed by atoms with van der Waals surface area (Å²) in [5, 5.41) is 7.85. The summed E-state index contributed by atoms with van der Waals surface area (Å²) in [6.07, 6.45) is 5.50. The number of carbonyl (C=O) groups is 1. The molecule has 0 saturated carbocycles. The van der Waals surface area contributed by atoms with Gasteiger partial charge in [0.2, 0.25) is 5.91 Å². The first-order valence-electron chi connectivity index (χ1n) is 7.62. The number of anilines is 1. The van der Waals surface area contributed by atoms with Crippen molar-refractivity contribution in [2.45, 2.75) is 26.8 Å². The standard InChI is InChI=1S/C17H18ClN5O/c1-12-9-13(2)23(21-12)7-5-17(24)20-15-10-14(18)3-4-16(15)22-8-6-19-11-22/h3-4,6,8-11H,5,7H2,1-2H3,(H,20,24). The number of nitrogens with zero attached hydrogens (tertiary/aromatic N) is 4. The van der Waals surface area contributed by atoms with Crippen LogP contribution in [-0.4, -0.2) is 25.2 Å². The van der Waals surface area contributed by atoms with Gasteiger partial charge in [-0.1, -0.05) is 11.6 Å². The van der Waals surface area contributed by atoms with Crippen molar-refractivity contribution < 1.29 is 4.79 Å². The molecule has 0 aliphatic carbocycles. The fourth-order valence-corrected chi connectivity index (χ4v) is 2.73. The Labute approximate surface area is 145 Å². The minimum absolute atomic E-state index is 0.0915. The Bertz CT molecular complexity index is 854. The maximum absolute atomic E-state index is 12.3. The Morgan fingerprint density at radius 2 is 2.12 bits per heavy atom. The molecule has 0 atom stereocenters. The fraction of sp³-hybridized carbons (Fsp3) is 0.235. The number of aryl methyl sites for hydroxylation is 3. The molecule has 0 saturated heterocycles. The van der Waals surface area contributed by atoms with Gasteiger partial charge in [-0.25, -0.2) is 4.98 Å². The summed E-state index contributed by atoms with van der Waals surface area (Å²) >= 11 is 6.07. The van der Waals surface area contributed by atoms with E-state index in [1.807, 2.05) is 41.4 Å². The molecular formula is C17H18ClN5O. The summed E-state index contributed by atoms with van der Waals surface area (Å²) in [4.78, 5) is 16.4. The molecule has 0 radical (unpaired) electrons. The molecule has 124 valence electrons. The van der Waals surface area contributed by atoms with Crippen LogP contribution < -0.4 is 5.32 Å². The third kappa shape index (κ3) is 3.65. The van der Waals surface area contributed by atoms with Crippen molar-refractivity contribution in [3.8, 4) is 5.69 Å². The van der Waals surface area contributed by atoms with E-state index in [1.165, 1.54) is 0 Å². The Morgan fingerprint density at radius 1 is 1.29 bits per heavy atom. The van der Waals surface area contributed by atoms with Crippen molar-refractivity contribution in [2.24, 2.45) is 0 Å². The van der Waals surface area contributed by atoms with Crippen molar-refractivity contribution in [2.75, 3.05) is 5.32 Å². The highest BCUT2D eigenvalue weighted by atomic mass is 35.5. The van der Waals surface area contributed by atoms with Gasteiger partial charge in [-0.15, -0.1) is 0 Å². The van der Waals surface area contributed by atoms with Gasteiger partial charge in [0.15, 0.2) is 0 Å². The van der Waals surface area contributed by atoms with E-state index in [-0.39, 0.29) is 5.91 Å². The molecular weight excluding hydrogens is 326 g/mol. The second-order valence-electron chi connectivity index (χ2n) is 5.58. The lowest BCUT2D eigenvalue weighted by atomic mass is 10.2. The Morgan fingerprint density at radius 3 is 2.79 bits per heavy atom. The van der Waals surface area contributed by atoms with E-state index >= 15 is 0 Å². The fourth-order valence-electron chi connectivity index (χ4n) is 2.56. The molecule has 0 fully saturated rings. The van der Waals surface area contributed by atoms with Gasteiger partial charge in [0, 0.05) is 36.1 Å². The molecule has 0 aliphatic rings. The van der Waals surface area contributed by atoms with Crippen molar-refractivity contribution >= 4 is 23.2 Å². The van der Waals surface area contributed by atoms with E-state index in [2.05, 4.69) is 15.4 Å². The average Bonchev–Trinajstić information content (AvgIpc) is 3.15. The Hall–Kier alpha value is -2.60. The van der Waals surface area contributed by atoms with Gasteiger partial charge in [0.1, 0.15) is 0 Å². The van der Waals surface area contributed by atoms with E-state index < -0.39 is 0 Å². The topological polar surface area (TPSA) is 64.7 Å². The Kier molecular flexibility index (Phi) is 4.66. The van der Waals surface area contributed by atoms with Crippen LogP contribution in [-0.2, 0) is 11.3 Å². The van der Waals surface area contributed by atoms with Gasteiger partial charge >= 0.3 is 0 Å². The summed E-state index contributed by atoms with van der Waals surface area (Å²) in [5.41, 5.74) is 3.46. The van der Waals surface area contributed by atoms with E-state index in [9.17, 15) is 4.79 Å². The summed E-state index contributed by atoms with van der Waals surface area (Å²) in [7, 11) is 0. The lowest BCUT2D eigenvalue weighted by Gasteiger charge is -2.12. The molecule has 6 nitrogen and oxygen atoms in total. The Balaban J connectivity index is 1.72. The molecule has 0 bridgehead atoms. The second kappa shape index (κ2) is 6.88. The normalized spacial score (nSPS) is 10.8. The molecule has 0 unspecified atom stereocenters. The molecule has 7 heteroatoms. The molecule has 0 spiro atoms. The molecule has 3 rings (SSSR count). The van der Waals surface area contributed by atoms with Crippen molar-refractivity contribution in [1.29, 1.82) is 0 Å². The zero-order valence-corrected chi connectivity index (χ0v) is 14.3. The first-order valence-corrected chi connectivity index (χ1v) is 7.99. The number of nitrogens with one attached hydrogen (secondary N) is 1. The first-order chi connectivity index (χ1) is 11.5. The van der Waals surface area contributed by atoms with Crippen LogP contribution in [0.2, 0.25) is 5.02 Å². The third-order valence-electron chi connectivity index (χ3n) is 3.67. The van der Waals surface area contributed by atoms with Crippen LogP contribution in [0.1, 0.15) is 17.8 Å². The lowest BCUT2D eigenvalue weighted by Crippen LogP contribution is -2.16. The number of benzene rings is 1. The number of aromatic nitrogens is 4. The maximum Gasteiger partial charge on any atom is 0.226 e. The van der Waals surface area contributed by atoms with Gasteiger partial charge in [-0.2, -0.15) is 5.10 Å². The van der Waals surface area contributed by atoms with Crippen molar-refractivity contribution in [1.82, 2.24) is 19.3 Å². The van der Waals surface area contributed by atoms with Crippen molar-refractivity contribution in [3.05, 3.63) is 59.4 Å². The number of hydrogen-bond donors (Lipinski definition) is 1. The van der Waals surface area contributed by atoms with Crippen LogP contribution in [0.3, 0.4) is 0 Å². The molecule has 0 aliphatic heterocycles. The SMILES string of the molecule is Cc1cc(C)n(CCC(=O)Nc2cc(Cl)ccc2-n2ccnc2)n1. The maximum atomic E-state index is 12.3. The van der Waals surface area contributed by atoms with E-state index in [0.717, 1.165) is 17.1 Å². The number of rotatable bonds is 5. The average molecular weight is 344 g/mol. The highest BCUT2D eigenvalue weighted by Crippen LogP contribution is 2.24. The van der Waals surface area contributed by atoms with E-state index in [0.29, 0.717) is 23.7 Å². The van der Waals surface area contributed by atoms with Gasteiger partial charge in [-0.05, 0) is 38.1 Å². The minimum atomic E-state index is -0.0915. The van der Waals surface area contributed by atoms with E-state index in [1.54, 1.807) is 24.7 Å². The number of hydrogen-bond acceptors (Lipinski definition) is 3. The molecule has 2 heterocycles. The van der Waals surface area contributed by atoms with Crippen LogP contribution in [0.15, 0.2) is 43.0 Å². The van der Waals surface area contributed by atoms with Crippen LogP contribution in [0.5, 0.6) is 0 Å². The quantitative estimate of drug-likeness (QED) is 0.772. The highest BCUT2D eigenvalue weighted by Gasteiger charge is 2.10. The van der Waals surface area contributed by atoms with E-state index in [4.69, 9.17) is 11.6 Å². The predicted octanol–water partition coefficient (Wildman–Crippen LogP) is 3.37. The second-order valence-corrected chi connectivity index (χ2v) is 6.02. The van der Waals surface area contributed by atoms with Gasteiger partial charge in [-0.3, -0.25) is 9.48 Å². The number of imidazole rings is 1. The third-order valence-corrected chi connectivity index (χ3v) is 3.90. The van der Waals surface area contributed by atoms with Gasteiger partial charge < -0.3 is 9.88 Å². The van der Waals surface area contributed by atoms with Crippen LogP contribution in [0, 0.1) is 13.8 Å². The summed E-state index contributed by atoms with van der Waals surface area (Å²) < 4.78 is 3.66. The summed E-state index contributed by atoms with van der Waals surface area (Å²) in [5.74, 6) is -0.0915. The molecule has 1 amide bonds. The van der Waals surface area contributed by atoms with Crippen molar-refractivity contribution in [3.63, 3.8) is 0 Å². The highest BCUT2D eigenvalue weighted by molar-refractivity contribution is 6.31. The van der Waals surface area contributed by atoms with Gasteiger partial charge in [0.25, 0.3) is 0 Å². The molecule has 1 N–H and O–H groups in total. The largest absolute Gasteiger partial charge is 0.324 e. The monoisotopic (exact) mass is 343 g/mol. The lowest BCUT2D eigenvalue weighted by molar-refractivity contribution is -0.116. The molecule has 3 aromatic rings.